The Labute approximate surface area is 167 Å². The van der Waals surface area contributed by atoms with Gasteiger partial charge in [0.2, 0.25) is 0 Å². The first kappa shape index (κ1) is 19.1. The lowest BCUT2D eigenvalue weighted by Gasteiger charge is -2.19. The average molecular weight is 436 g/mol. The molecule has 2 aromatic rings. The molecule has 0 saturated carbocycles. The molecule has 0 aliphatic carbocycles. The van der Waals surface area contributed by atoms with Crippen LogP contribution in [0.25, 0.3) is 0 Å². The Balaban J connectivity index is 0.00000196. The SMILES string of the molecule is Cl.O=C(c1ccc(Br)cc1)c1ccccc1C(=O)N1C[C@H]2CNC[C@H]2C1. The Morgan fingerprint density at radius 2 is 1.50 bits per heavy atom. The van der Waals surface area contributed by atoms with Crippen LogP contribution in [0.5, 0.6) is 0 Å². The molecule has 1 amide bonds. The first-order valence-electron chi connectivity index (χ1n) is 8.53. The Morgan fingerprint density at radius 3 is 2.12 bits per heavy atom. The molecule has 26 heavy (non-hydrogen) atoms. The van der Waals surface area contributed by atoms with E-state index in [0.717, 1.165) is 30.7 Å². The molecule has 2 atom stereocenters. The predicted molar refractivity (Wildman–Crippen MR) is 107 cm³/mol. The van der Waals surface area contributed by atoms with Crippen molar-refractivity contribution in [1.29, 1.82) is 0 Å². The van der Waals surface area contributed by atoms with Gasteiger partial charge in [-0.15, -0.1) is 12.4 Å². The minimum absolute atomic E-state index is 0. The fourth-order valence-electron chi connectivity index (χ4n) is 3.82. The molecule has 2 aliphatic rings. The maximum atomic E-state index is 13.0. The molecule has 4 nitrogen and oxygen atoms in total. The fraction of sp³-hybridized carbons (Fsp3) is 0.300. The Morgan fingerprint density at radius 1 is 0.923 bits per heavy atom. The van der Waals surface area contributed by atoms with Gasteiger partial charge in [0.1, 0.15) is 0 Å². The molecule has 1 N–H and O–H groups in total. The van der Waals surface area contributed by atoms with Crippen molar-refractivity contribution in [2.24, 2.45) is 11.8 Å². The number of benzene rings is 2. The summed E-state index contributed by atoms with van der Waals surface area (Å²) in [5.74, 6) is 0.935. The van der Waals surface area contributed by atoms with E-state index < -0.39 is 0 Å². The molecule has 0 aromatic heterocycles. The normalized spacial score (nSPS) is 21.2. The van der Waals surface area contributed by atoms with Crippen LogP contribution < -0.4 is 5.32 Å². The van der Waals surface area contributed by atoms with E-state index in [4.69, 9.17) is 0 Å². The summed E-state index contributed by atoms with van der Waals surface area (Å²) in [5, 5.41) is 3.38. The van der Waals surface area contributed by atoms with E-state index in [2.05, 4.69) is 21.2 Å². The van der Waals surface area contributed by atoms with Gasteiger partial charge in [0.25, 0.3) is 5.91 Å². The minimum Gasteiger partial charge on any atom is -0.338 e. The second-order valence-corrected chi connectivity index (χ2v) is 7.69. The van der Waals surface area contributed by atoms with Gasteiger partial charge in [-0.05, 0) is 42.2 Å². The molecule has 2 heterocycles. The Hall–Kier alpha value is -1.69. The molecular formula is C20H20BrClN2O2. The van der Waals surface area contributed by atoms with Gasteiger partial charge in [0, 0.05) is 41.8 Å². The van der Waals surface area contributed by atoms with E-state index in [0.29, 0.717) is 28.5 Å². The molecule has 0 spiro atoms. The predicted octanol–water partition coefficient (Wildman–Crippen LogP) is 3.39. The lowest BCUT2D eigenvalue weighted by atomic mass is 9.97. The minimum atomic E-state index is -0.113. The van der Waals surface area contributed by atoms with Crippen LogP contribution in [0.1, 0.15) is 26.3 Å². The van der Waals surface area contributed by atoms with Crippen molar-refractivity contribution in [3.63, 3.8) is 0 Å². The van der Waals surface area contributed by atoms with E-state index >= 15 is 0 Å². The van der Waals surface area contributed by atoms with E-state index in [1.807, 2.05) is 29.2 Å². The van der Waals surface area contributed by atoms with Crippen LogP contribution in [-0.4, -0.2) is 42.8 Å². The molecule has 2 saturated heterocycles. The Kier molecular flexibility index (Phi) is 5.80. The van der Waals surface area contributed by atoms with E-state index in [1.165, 1.54) is 0 Å². The highest BCUT2D eigenvalue weighted by Gasteiger charge is 2.38. The summed E-state index contributed by atoms with van der Waals surface area (Å²) < 4.78 is 0.922. The van der Waals surface area contributed by atoms with Gasteiger partial charge in [-0.3, -0.25) is 9.59 Å². The number of hydrogen-bond donors (Lipinski definition) is 1. The molecule has 4 rings (SSSR count). The number of amides is 1. The molecule has 136 valence electrons. The van der Waals surface area contributed by atoms with Gasteiger partial charge in [0.05, 0.1) is 5.56 Å². The van der Waals surface area contributed by atoms with Gasteiger partial charge < -0.3 is 10.2 Å². The topological polar surface area (TPSA) is 49.4 Å². The summed E-state index contributed by atoms with van der Waals surface area (Å²) in [4.78, 5) is 27.8. The van der Waals surface area contributed by atoms with Gasteiger partial charge in [-0.25, -0.2) is 0 Å². The zero-order valence-corrected chi connectivity index (χ0v) is 16.6. The monoisotopic (exact) mass is 434 g/mol. The molecule has 2 fully saturated rings. The highest BCUT2D eigenvalue weighted by Crippen LogP contribution is 2.28. The summed E-state index contributed by atoms with van der Waals surface area (Å²) in [6, 6.07) is 14.4. The number of nitrogens with one attached hydrogen (secondary N) is 1. The number of ketones is 1. The summed E-state index contributed by atoms with van der Waals surface area (Å²) in [7, 11) is 0. The third-order valence-corrected chi connectivity index (χ3v) is 5.71. The van der Waals surface area contributed by atoms with Crippen LogP contribution in [0.3, 0.4) is 0 Å². The number of likely N-dealkylation sites (tertiary alicyclic amines) is 1. The molecule has 0 radical (unpaired) electrons. The van der Waals surface area contributed by atoms with Crippen molar-refractivity contribution in [1.82, 2.24) is 10.2 Å². The molecule has 0 unspecified atom stereocenters. The number of hydrogen-bond acceptors (Lipinski definition) is 3. The van der Waals surface area contributed by atoms with Gasteiger partial charge in [0.15, 0.2) is 5.78 Å². The quantitative estimate of drug-likeness (QED) is 0.752. The first-order valence-corrected chi connectivity index (χ1v) is 9.32. The van der Waals surface area contributed by atoms with E-state index in [1.54, 1.807) is 24.3 Å². The van der Waals surface area contributed by atoms with Crippen LogP contribution in [0.4, 0.5) is 0 Å². The number of fused-ring (bicyclic) bond motifs is 1. The summed E-state index contributed by atoms with van der Waals surface area (Å²) >= 11 is 3.38. The lowest BCUT2D eigenvalue weighted by Crippen LogP contribution is -2.32. The summed E-state index contributed by atoms with van der Waals surface area (Å²) in [5.41, 5.74) is 1.57. The van der Waals surface area contributed by atoms with Crippen molar-refractivity contribution >= 4 is 40.0 Å². The molecular weight excluding hydrogens is 416 g/mol. The largest absolute Gasteiger partial charge is 0.338 e. The van der Waals surface area contributed by atoms with Crippen molar-refractivity contribution in [3.05, 3.63) is 69.7 Å². The lowest BCUT2D eigenvalue weighted by molar-refractivity contribution is 0.0777. The number of rotatable bonds is 3. The van der Waals surface area contributed by atoms with Crippen molar-refractivity contribution in [3.8, 4) is 0 Å². The fourth-order valence-corrected chi connectivity index (χ4v) is 4.08. The first-order chi connectivity index (χ1) is 12.1. The number of nitrogens with zero attached hydrogens (tertiary/aromatic N) is 1. The standard InChI is InChI=1S/C20H19BrN2O2.ClH/c21-16-7-5-13(6-8-16)19(24)17-3-1-2-4-18(17)20(25)23-11-14-9-22-10-15(14)12-23;/h1-8,14-15,22H,9-12H2;1H/t14-,15+;. The van der Waals surface area contributed by atoms with Crippen molar-refractivity contribution in [2.45, 2.75) is 0 Å². The Bertz CT molecular complexity index is 813. The van der Waals surface area contributed by atoms with E-state index in [9.17, 15) is 9.59 Å². The van der Waals surface area contributed by atoms with Gasteiger partial charge in [-0.1, -0.05) is 34.1 Å². The zero-order valence-electron chi connectivity index (χ0n) is 14.2. The van der Waals surface area contributed by atoms with Crippen LogP contribution in [-0.2, 0) is 0 Å². The zero-order chi connectivity index (χ0) is 17.4. The smallest absolute Gasteiger partial charge is 0.254 e. The van der Waals surface area contributed by atoms with Crippen LogP contribution in [0.2, 0.25) is 0 Å². The molecule has 2 aromatic carbocycles. The third-order valence-electron chi connectivity index (χ3n) is 5.19. The van der Waals surface area contributed by atoms with Crippen molar-refractivity contribution < 1.29 is 9.59 Å². The van der Waals surface area contributed by atoms with Gasteiger partial charge >= 0.3 is 0 Å². The summed E-state index contributed by atoms with van der Waals surface area (Å²) in [6.45, 7) is 3.51. The van der Waals surface area contributed by atoms with Crippen LogP contribution >= 0.6 is 28.3 Å². The highest BCUT2D eigenvalue weighted by atomic mass is 79.9. The van der Waals surface area contributed by atoms with Gasteiger partial charge in [-0.2, -0.15) is 0 Å². The van der Waals surface area contributed by atoms with E-state index in [-0.39, 0.29) is 24.1 Å². The number of halogens is 2. The third kappa shape index (κ3) is 3.56. The maximum absolute atomic E-state index is 13.0. The number of carbonyl (C=O) groups excluding carboxylic acids is 2. The highest BCUT2D eigenvalue weighted by molar-refractivity contribution is 9.10. The summed E-state index contributed by atoms with van der Waals surface area (Å²) in [6.07, 6.45) is 0. The molecule has 2 aliphatic heterocycles. The number of carbonyl (C=O) groups is 2. The average Bonchev–Trinajstić information content (AvgIpc) is 3.23. The van der Waals surface area contributed by atoms with Crippen LogP contribution in [0, 0.1) is 11.8 Å². The second-order valence-electron chi connectivity index (χ2n) is 6.77. The van der Waals surface area contributed by atoms with Crippen molar-refractivity contribution in [2.75, 3.05) is 26.2 Å². The maximum Gasteiger partial charge on any atom is 0.254 e. The molecule has 0 bridgehead atoms. The molecule has 6 heteroatoms. The van der Waals surface area contributed by atoms with Crippen LogP contribution in [0.15, 0.2) is 53.0 Å². The second kappa shape index (κ2) is 7.91.